The highest BCUT2D eigenvalue weighted by Gasteiger charge is 2.24. The number of rotatable bonds is 3. The standard InChI is InChI=1S/C24H26N4S/c1-2-4-14-28(15-5-3-1)24-21(7-6-11-27-24)20-9-13-26-23-22(20)19(8-12-25-23)18-10-16-29-17-18/h6-12,16-17H,1-5,13-15H2,(H,25,26). The van der Waals surface area contributed by atoms with Crippen molar-refractivity contribution >= 4 is 28.5 Å². The molecule has 1 N–H and O–H groups in total. The van der Waals surface area contributed by atoms with Gasteiger partial charge in [-0.05, 0) is 64.6 Å². The predicted octanol–water partition coefficient (Wildman–Crippen LogP) is 5.83. The summed E-state index contributed by atoms with van der Waals surface area (Å²) in [6.45, 7) is 2.97. The van der Waals surface area contributed by atoms with Crippen LogP contribution < -0.4 is 10.2 Å². The number of nitrogens with one attached hydrogen (secondary N) is 1. The van der Waals surface area contributed by atoms with E-state index in [-0.39, 0.29) is 0 Å². The highest BCUT2D eigenvalue weighted by Crippen LogP contribution is 2.41. The number of hydrogen-bond donors (Lipinski definition) is 1. The zero-order valence-corrected chi connectivity index (χ0v) is 17.4. The number of thiophene rings is 1. The normalized spacial score (nSPS) is 17.0. The summed E-state index contributed by atoms with van der Waals surface area (Å²) in [7, 11) is 0. The van der Waals surface area contributed by atoms with Crippen LogP contribution in [0.15, 0.2) is 53.5 Å². The molecule has 1 fully saturated rings. The number of pyridine rings is 2. The first kappa shape index (κ1) is 18.4. The van der Waals surface area contributed by atoms with Crippen molar-refractivity contribution in [2.75, 3.05) is 29.9 Å². The van der Waals surface area contributed by atoms with Crippen LogP contribution in [0.4, 0.5) is 11.6 Å². The van der Waals surface area contributed by atoms with E-state index in [1.807, 2.05) is 12.4 Å². The summed E-state index contributed by atoms with van der Waals surface area (Å²) < 4.78 is 0. The SMILES string of the molecule is C1=C(c2cccnc2N2CCCCCCC2)c2c(-c3ccsc3)ccnc2NC1. The van der Waals surface area contributed by atoms with Crippen LogP contribution in [0.25, 0.3) is 16.7 Å². The van der Waals surface area contributed by atoms with Crippen LogP contribution in [0.1, 0.15) is 43.2 Å². The fraction of sp³-hybridized carbons (Fsp3) is 0.333. The van der Waals surface area contributed by atoms with Gasteiger partial charge < -0.3 is 10.2 Å². The molecule has 0 atom stereocenters. The van der Waals surface area contributed by atoms with Gasteiger partial charge in [0.05, 0.1) is 0 Å². The third-order valence-corrected chi connectivity index (χ3v) is 6.54. The van der Waals surface area contributed by atoms with Gasteiger partial charge in [0.1, 0.15) is 11.6 Å². The minimum Gasteiger partial charge on any atom is -0.366 e. The Morgan fingerprint density at radius 2 is 1.76 bits per heavy atom. The molecule has 5 rings (SSSR count). The van der Waals surface area contributed by atoms with Crippen molar-refractivity contribution in [3.8, 4) is 11.1 Å². The van der Waals surface area contributed by atoms with E-state index in [0.29, 0.717) is 0 Å². The van der Waals surface area contributed by atoms with Crippen molar-refractivity contribution < 1.29 is 0 Å². The van der Waals surface area contributed by atoms with E-state index >= 15 is 0 Å². The molecular weight excluding hydrogens is 376 g/mol. The van der Waals surface area contributed by atoms with Crippen molar-refractivity contribution in [2.24, 2.45) is 0 Å². The van der Waals surface area contributed by atoms with Gasteiger partial charge in [-0.2, -0.15) is 11.3 Å². The Kier molecular flexibility index (Phi) is 5.31. The minimum absolute atomic E-state index is 0.788. The highest BCUT2D eigenvalue weighted by atomic mass is 32.1. The summed E-state index contributed by atoms with van der Waals surface area (Å²) in [6, 6.07) is 8.61. The molecule has 3 aromatic heterocycles. The lowest BCUT2D eigenvalue weighted by molar-refractivity contribution is 0.553. The molecule has 0 unspecified atom stereocenters. The van der Waals surface area contributed by atoms with Crippen molar-refractivity contribution in [1.29, 1.82) is 0 Å². The monoisotopic (exact) mass is 402 g/mol. The van der Waals surface area contributed by atoms with E-state index in [2.05, 4.69) is 56.3 Å². The molecule has 0 aromatic carbocycles. The molecule has 0 bridgehead atoms. The maximum Gasteiger partial charge on any atom is 0.136 e. The number of aromatic nitrogens is 2. The molecule has 2 aliphatic rings. The number of nitrogens with zero attached hydrogens (tertiary/aromatic N) is 3. The first-order valence-corrected chi connectivity index (χ1v) is 11.5. The highest BCUT2D eigenvalue weighted by molar-refractivity contribution is 7.08. The lowest BCUT2D eigenvalue weighted by atomic mass is 9.90. The summed E-state index contributed by atoms with van der Waals surface area (Å²) in [5.41, 5.74) is 6.15. The number of hydrogen-bond acceptors (Lipinski definition) is 5. The molecule has 0 radical (unpaired) electrons. The molecule has 148 valence electrons. The summed E-state index contributed by atoms with van der Waals surface area (Å²) in [5.74, 6) is 2.09. The van der Waals surface area contributed by atoms with Crippen LogP contribution in [0.2, 0.25) is 0 Å². The van der Waals surface area contributed by atoms with E-state index in [0.717, 1.165) is 31.3 Å². The van der Waals surface area contributed by atoms with Crippen LogP contribution in [0.3, 0.4) is 0 Å². The smallest absolute Gasteiger partial charge is 0.136 e. The van der Waals surface area contributed by atoms with Crippen LogP contribution in [-0.2, 0) is 0 Å². The third kappa shape index (κ3) is 3.67. The fourth-order valence-electron chi connectivity index (χ4n) is 4.44. The first-order valence-electron chi connectivity index (χ1n) is 10.6. The zero-order chi connectivity index (χ0) is 19.5. The topological polar surface area (TPSA) is 41.1 Å². The Hall–Kier alpha value is -2.66. The Balaban J connectivity index is 1.61. The van der Waals surface area contributed by atoms with E-state index in [1.54, 1.807) is 11.3 Å². The Morgan fingerprint density at radius 1 is 0.897 bits per heavy atom. The molecule has 4 nitrogen and oxygen atoms in total. The van der Waals surface area contributed by atoms with Gasteiger partial charge in [0.15, 0.2) is 0 Å². The van der Waals surface area contributed by atoms with Crippen molar-refractivity contribution in [3.05, 3.63) is 64.6 Å². The van der Waals surface area contributed by atoms with Gasteiger partial charge in [0, 0.05) is 43.2 Å². The molecule has 1 saturated heterocycles. The van der Waals surface area contributed by atoms with E-state index in [1.165, 1.54) is 59.9 Å². The zero-order valence-electron chi connectivity index (χ0n) is 16.6. The molecule has 29 heavy (non-hydrogen) atoms. The van der Waals surface area contributed by atoms with Crippen molar-refractivity contribution in [2.45, 2.75) is 32.1 Å². The maximum absolute atomic E-state index is 4.86. The van der Waals surface area contributed by atoms with Gasteiger partial charge >= 0.3 is 0 Å². The lowest BCUT2D eigenvalue weighted by Crippen LogP contribution is -2.29. The average molecular weight is 403 g/mol. The minimum atomic E-state index is 0.788. The van der Waals surface area contributed by atoms with Crippen LogP contribution in [0, 0.1) is 0 Å². The Morgan fingerprint density at radius 3 is 2.59 bits per heavy atom. The largest absolute Gasteiger partial charge is 0.366 e. The van der Waals surface area contributed by atoms with Crippen molar-refractivity contribution in [1.82, 2.24) is 9.97 Å². The second-order valence-corrected chi connectivity index (χ2v) is 8.50. The van der Waals surface area contributed by atoms with Gasteiger partial charge in [-0.15, -0.1) is 0 Å². The summed E-state index contributed by atoms with van der Waals surface area (Å²) in [4.78, 5) is 12.0. The Labute approximate surface area is 176 Å². The predicted molar refractivity (Wildman–Crippen MR) is 123 cm³/mol. The first-order chi connectivity index (χ1) is 14.4. The fourth-order valence-corrected chi connectivity index (χ4v) is 5.10. The quantitative estimate of drug-likeness (QED) is 0.598. The van der Waals surface area contributed by atoms with Crippen molar-refractivity contribution in [3.63, 3.8) is 0 Å². The third-order valence-electron chi connectivity index (χ3n) is 5.86. The summed E-state index contributed by atoms with van der Waals surface area (Å²) >= 11 is 1.73. The molecule has 0 amide bonds. The van der Waals surface area contributed by atoms with Crippen LogP contribution in [-0.4, -0.2) is 29.6 Å². The van der Waals surface area contributed by atoms with E-state index in [4.69, 9.17) is 4.98 Å². The molecule has 5 heteroatoms. The molecular formula is C24H26N4S. The van der Waals surface area contributed by atoms with Gasteiger partial charge in [-0.3, -0.25) is 0 Å². The van der Waals surface area contributed by atoms with Gasteiger partial charge in [0.25, 0.3) is 0 Å². The van der Waals surface area contributed by atoms with E-state index in [9.17, 15) is 0 Å². The average Bonchev–Trinajstić information content (AvgIpc) is 3.28. The molecule has 0 spiro atoms. The second-order valence-electron chi connectivity index (χ2n) is 7.72. The number of anilines is 2. The lowest BCUT2D eigenvalue weighted by Gasteiger charge is -2.29. The van der Waals surface area contributed by atoms with Crippen LogP contribution in [0.5, 0.6) is 0 Å². The maximum atomic E-state index is 4.86. The molecule has 2 aliphatic heterocycles. The van der Waals surface area contributed by atoms with Gasteiger partial charge in [0.2, 0.25) is 0 Å². The molecule has 0 saturated carbocycles. The molecule has 0 aliphatic carbocycles. The van der Waals surface area contributed by atoms with Crippen LogP contribution >= 0.6 is 11.3 Å². The molecule has 5 heterocycles. The molecule has 3 aromatic rings. The Bertz CT molecular complexity index is 1000. The summed E-state index contributed by atoms with van der Waals surface area (Å²) in [6.07, 6.45) is 12.6. The summed E-state index contributed by atoms with van der Waals surface area (Å²) in [5, 5.41) is 7.81. The van der Waals surface area contributed by atoms with Gasteiger partial charge in [-0.1, -0.05) is 25.3 Å². The number of fused-ring (bicyclic) bond motifs is 1. The van der Waals surface area contributed by atoms with E-state index < -0.39 is 0 Å². The second kappa shape index (κ2) is 8.37. The van der Waals surface area contributed by atoms with Gasteiger partial charge in [-0.25, -0.2) is 9.97 Å².